The van der Waals surface area contributed by atoms with Gasteiger partial charge in [-0.2, -0.15) is 17.9 Å². The maximum atomic E-state index is 12.8. The number of rotatable bonds is 3. The van der Waals surface area contributed by atoms with Gasteiger partial charge in [0.05, 0.1) is 10.0 Å². The smallest absolute Gasteiger partial charge is 0.399 e. The van der Waals surface area contributed by atoms with Gasteiger partial charge in [0.2, 0.25) is 10.0 Å². The quantitative estimate of drug-likeness (QED) is 0.825. The van der Waals surface area contributed by atoms with Gasteiger partial charge in [-0.25, -0.2) is 8.42 Å². The van der Waals surface area contributed by atoms with E-state index in [2.05, 4.69) is 0 Å². The lowest BCUT2D eigenvalue weighted by atomic mass is 10.3. The molecule has 1 saturated carbocycles. The van der Waals surface area contributed by atoms with E-state index in [-0.39, 0.29) is 28.6 Å². The van der Waals surface area contributed by atoms with Crippen molar-refractivity contribution in [1.82, 2.24) is 4.72 Å². The standard InChI is InChI=1S/C10H9Cl2F3N2O2S/c11-6-3-5(16)4-7(12)8(6)20(18,19)17-9(1-2-9)10(13,14)15/h3-4,17H,1-2,16H2. The summed E-state index contributed by atoms with van der Waals surface area (Å²) in [5.41, 5.74) is 3.09. The lowest BCUT2D eigenvalue weighted by molar-refractivity contribution is -0.160. The van der Waals surface area contributed by atoms with Gasteiger partial charge in [-0.15, -0.1) is 0 Å². The Morgan fingerprint density at radius 1 is 1.20 bits per heavy atom. The van der Waals surface area contributed by atoms with Crippen LogP contribution in [-0.4, -0.2) is 20.1 Å². The Bertz CT molecular complexity index is 634. The Morgan fingerprint density at radius 2 is 1.65 bits per heavy atom. The number of alkyl halides is 3. The van der Waals surface area contributed by atoms with Gasteiger partial charge in [0.15, 0.2) is 0 Å². The molecule has 1 aromatic rings. The highest BCUT2D eigenvalue weighted by Crippen LogP contribution is 2.50. The Kier molecular flexibility index (Phi) is 3.65. The average Bonchev–Trinajstić information content (AvgIpc) is 2.93. The maximum absolute atomic E-state index is 12.8. The number of nitrogen functional groups attached to an aromatic ring is 1. The molecule has 1 aromatic carbocycles. The van der Waals surface area contributed by atoms with E-state index in [9.17, 15) is 21.6 Å². The predicted octanol–water partition coefficient (Wildman–Crippen LogP) is 2.95. The summed E-state index contributed by atoms with van der Waals surface area (Å²) in [5, 5.41) is -0.666. The molecule has 0 aliphatic heterocycles. The third kappa shape index (κ3) is 2.69. The topological polar surface area (TPSA) is 72.2 Å². The van der Waals surface area contributed by atoms with Crippen LogP contribution in [0.2, 0.25) is 10.0 Å². The van der Waals surface area contributed by atoms with E-state index >= 15 is 0 Å². The molecular weight excluding hydrogens is 340 g/mol. The van der Waals surface area contributed by atoms with Crippen molar-refractivity contribution < 1.29 is 21.6 Å². The van der Waals surface area contributed by atoms with Gasteiger partial charge in [-0.1, -0.05) is 23.2 Å². The zero-order chi connectivity index (χ0) is 15.3. The van der Waals surface area contributed by atoms with Gasteiger partial charge in [-0.3, -0.25) is 0 Å². The number of benzene rings is 1. The zero-order valence-electron chi connectivity index (χ0n) is 9.76. The second-order valence-corrected chi connectivity index (χ2v) is 6.93. The summed E-state index contributed by atoms with van der Waals surface area (Å²) < 4.78 is 64.2. The first-order chi connectivity index (χ1) is 8.98. The molecule has 10 heteroatoms. The van der Waals surface area contributed by atoms with Crippen molar-refractivity contribution in [3.05, 3.63) is 22.2 Å². The SMILES string of the molecule is Nc1cc(Cl)c(S(=O)(=O)NC2(C(F)(F)F)CC2)c(Cl)c1. The highest BCUT2D eigenvalue weighted by atomic mass is 35.5. The van der Waals surface area contributed by atoms with Crippen LogP contribution in [0.4, 0.5) is 18.9 Å². The molecule has 2 rings (SSSR count). The summed E-state index contributed by atoms with van der Waals surface area (Å²) in [7, 11) is -4.51. The second-order valence-electron chi connectivity index (χ2n) is 4.50. The first kappa shape index (κ1) is 15.7. The maximum Gasteiger partial charge on any atom is 0.407 e. The minimum atomic E-state index is -4.67. The van der Waals surface area contributed by atoms with E-state index in [4.69, 9.17) is 28.9 Å². The van der Waals surface area contributed by atoms with Gasteiger partial charge in [-0.05, 0) is 25.0 Å². The molecule has 0 amide bonds. The number of hydrogen-bond acceptors (Lipinski definition) is 3. The fourth-order valence-corrected chi connectivity index (χ4v) is 4.39. The number of nitrogens with one attached hydrogen (secondary N) is 1. The fraction of sp³-hybridized carbons (Fsp3) is 0.400. The molecule has 0 bridgehead atoms. The third-order valence-electron chi connectivity index (χ3n) is 2.91. The van der Waals surface area contributed by atoms with Gasteiger partial charge in [0.25, 0.3) is 0 Å². The minimum absolute atomic E-state index is 0.107. The molecule has 4 nitrogen and oxygen atoms in total. The van der Waals surface area contributed by atoms with Crippen LogP contribution in [0.25, 0.3) is 0 Å². The van der Waals surface area contributed by atoms with E-state index < -0.39 is 26.6 Å². The Morgan fingerprint density at radius 3 is 2.00 bits per heavy atom. The lowest BCUT2D eigenvalue weighted by Gasteiger charge is -2.21. The van der Waals surface area contributed by atoms with Crippen LogP contribution in [0.1, 0.15) is 12.8 Å². The van der Waals surface area contributed by atoms with E-state index in [0.29, 0.717) is 0 Å². The average molecular weight is 349 g/mol. The number of sulfonamides is 1. The number of nitrogens with two attached hydrogens (primary N) is 1. The number of hydrogen-bond donors (Lipinski definition) is 2. The molecule has 3 N–H and O–H groups in total. The molecule has 20 heavy (non-hydrogen) atoms. The van der Waals surface area contributed by atoms with Crippen molar-refractivity contribution in [1.29, 1.82) is 0 Å². The fourth-order valence-electron chi connectivity index (χ4n) is 1.71. The molecule has 0 heterocycles. The summed E-state index contributed by atoms with van der Waals surface area (Å²) in [4.78, 5) is -0.606. The van der Waals surface area contributed by atoms with Crippen molar-refractivity contribution in [3.63, 3.8) is 0 Å². The zero-order valence-corrected chi connectivity index (χ0v) is 12.1. The van der Waals surface area contributed by atoms with E-state index in [1.807, 2.05) is 0 Å². The van der Waals surface area contributed by atoms with E-state index in [1.165, 1.54) is 0 Å². The van der Waals surface area contributed by atoms with Crippen LogP contribution in [0.3, 0.4) is 0 Å². The Labute approximate surface area is 123 Å². The van der Waals surface area contributed by atoms with Crippen molar-refractivity contribution in [2.24, 2.45) is 0 Å². The second kappa shape index (κ2) is 4.66. The van der Waals surface area contributed by atoms with Crippen LogP contribution >= 0.6 is 23.2 Å². The van der Waals surface area contributed by atoms with Crippen molar-refractivity contribution in [2.45, 2.75) is 29.5 Å². The van der Waals surface area contributed by atoms with Crippen LogP contribution in [0, 0.1) is 0 Å². The molecular formula is C10H9Cl2F3N2O2S. The third-order valence-corrected chi connectivity index (χ3v) is 5.37. The van der Waals surface area contributed by atoms with Gasteiger partial charge in [0.1, 0.15) is 10.4 Å². The summed E-state index contributed by atoms with van der Waals surface area (Å²) in [6, 6.07) is 2.21. The van der Waals surface area contributed by atoms with E-state index in [1.54, 1.807) is 4.72 Å². The molecule has 112 valence electrons. The summed E-state index contributed by atoms with van der Waals surface area (Å²) >= 11 is 11.4. The van der Waals surface area contributed by atoms with Crippen molar-refractivity contribution >= 4 is 38.9 Å². The molecule has 0 spiro atoms. The molecule has 0 unspecified atom stereocenters. The molecule has 1 aliphatic carbocycles. The van der Waals surface area contributed by atoms with Crippen molar-refractivity contribution in [3.8, 4) is 0 Å². The molecule has 1 fully saturated rings. The molecule has 0 saturated heterocycles. The summed E-state index contributed by atoms with van der Waals surface area (Å²) in [6.45, 7) is 0. The predicted molar refractivity (Wildman–Crippen MR) is 69.2 cm³/mol. The Hall–Kier alpha value is -0.700. The van der Waals surface area contributed by atoms with E-state index in [0.717, 1.165) is 12.1 Å². The van der Waals surface area contributed by atoms with Gasteiger partial charge < -0.3 is 5.73 Å². The van der Waals surface area contributed by atoms with Gasteiger partial charge in [0, 0.05) is 5.69 Å². The Balaban J connectivity index is 2.43. The summed E-state index contributed by atoms with van der Waals surface area (Å²) in [6.07, 6.45) is -5.31. The largest absolute Gasteiger partial charge is 0.407 e. The number of anilines is 1. The first-order valence-electron chi connectivity index (χ1n) is 5.34. The summed E-state index contributed by atoms with van der Waals surface area (Å²) in [5.74, 6) is 0. The monoisotopic (exact) mass is 348 g/mol. The highest BCUT2D eigenvalue weighted by molar-refractivity contribution is 7.89. The molecule has 0 atom stereocenters. The number of halogens is 5. The normalized spacial score (nSPS) is 18.1. The van der Waals surface area contributed by atoms with Gasteiger partial charge >= 0.3 is 6.18 Å². The molecule has 1 aliphatic rings. The lowest BCUT2D eigenvalue weighted by Crippen LogP contribution is -2.47. The molecule has 0 radical (unpaired) electrons. The van der Waals surface area contributed by atoms with Crippen molar-refractivity contribution in [2.75, 3.05) is 5.73 Å². The van der Waals surface area contributed by atoms with Crippen LogP contribution < -0.4 is 10.5 Å². The highest BCUT2D eigenvalue weighted by Gasteiger charge is 2.65. The minimum Gasteiger partial charge on any atom is -0.399 e. The molecule has 0 aromatic heterocycles. The van der Waals surface area contributed by atoms with Crippen LogP contribution in [-0.2, 0) is 10.0 Å². The van der Waals surface area contributed by atoms with Crippen LogP contribution in [0.15, 0.2) is 17.0 Å². The first-order valence-corrected chi connectivity index (χ1v) is 7.58. The van der Waals surface area contributed by atoms with Crippen LogP contribution in [0.5, 0.6) is 0 Å².